The lowest BCUT2D eigenvalue weighted by Gasteiger charge is -2.32. The van der Waals surface area contributed by atoms with E-state index in [1.165, 1.54) is 37.9 Å². The molecule has 0 amide bonds. The normalized spacial score (nSPS) is 24.2. The van der Waals surface area contributed by atoms with Crippen molar-refractivity contribution in [3.05, 3.63) is 66.2 Å². The van der Waals surface area contributed by atoms with Gasteiger partial charge in [-0.15, -0.1) is 0 Å². The molecule has 1 heterocycles. The molecule has 1 saturated heterocycles. The van der Waals surface area contributed by atoms with Crippen molar-refractivity contribution in [1.29, 1.82) is 0 Å². The van der Waals surface area contributed by atoms with Crippen LogP contribution >= 0.6 is 0 Å². The molecule has 0 bridgehead atoms. The SMILES string of the molecule is c1ccc(OCCN2CCC(NC3CC3c3ccccc3)CC2)cc1. The van der Waals surface area contributed by atoms with Crippen molar-refractivity contribution in [3.8, 4) is 5.75 Å². The summed E-state index contributed by atoms with van der Waals surface area (Å²) in [5, 5.41) is 3.89. The van der Waals surface area contributed by atoms with Crippen molar-refractivity contribution >= 4 is 0 Å². The van der Waals surface area contributed by atoms with Crippen molar-refractivity contribution in [2.24, 2.45) is 0 Å². The summed E-state index contributed by atoms with van der Waals surface area (Å²) >= 11 is 0. The smallest absolute Gasteiger partial charge is 0.119 e. The van der Waals surface area contributed by atoms with Gasteiger partial charge in [-0.25, -0.2) is 0 Å². The van der Waals surface area contributed by atoms with Gasteiger partial charge in [0.25, 0.3) is 0 Å². The predicted octanol–water partition coefficient (Wildman–Crippen LogP) is 3.68. The van der Waals surface area contributed by atoms with E-state index in [1.54, 1.807) is 0 Å². The molecule has 1 aliphatic carbocycles. The Balaban J connectivity index is 1.13. The summed E-state index contributed by atoms with van der Waals surface area (Å²) in [7, 11) is 0. The number of hydrogen-bond acceptors (Lipinski definition) is 3. The second kappa shape index (κ2) is 8.03. The molecular formula is C22H28N2O. The van der Waals surface area contributed by atoms with Gasteiger partial charge in [0.15, 0.2) is 0 Å². The molecule has 0 radical (unpaired) electrons. The molecule has 0 spiro atoms. The van der Waals surface area contributed by atoms with E-state index in [0.717, 1.165) is 24.8 Å². The van der Waals surface area contributed by atoms with Crippen LogP contribution in [0, 0.1) is 0 Å². The van der Waals surface area contributed by atoms with Gasteiger partial charge >= 0.3 is 0 Å². The minimum atomic E-state index is 0.685. The van der Waals surface area contributed by atoms with Crippen LogP contribution in [0.4, 0.5) is 0 Å². The van der Waals surface area contributed by atoms with E-state index in [0.29, 0.717) is 12.1 Å². The van der Waals surface area contributed by atoms with Crippen LogP contribution in [0.2, 0.25) is 0 Å². The Hall–Kier alpha value is -1.84. The molecule has 2 aromatic rings. The summed E-state index contributed by atoms with van der Waals surface area (Å²) in [6, 6.07) is 22.4. The zero-order valence-electron chi connectivity index (χ0n) is 14.8. The van der Waals surface area contributed by atoms with Crippen LogP contribution in [0.15, 0.2) is 60.7 Å². The van der Waals surface area contributed by atoms with Crippen LogP contribution in [0.5, 0.6) is 5.75 Å². The zero-order valence-corrected chi connectivity index (χ0v) is 14.8. The number of para-hydroxylation sites is 1. The summed E-state index contributed by atoms with van der Waals surface area (Å²) in [4.78, 5) is 2.53. The molecule has 1 saturated carbocycles. The Morgan fingerprint density at radius 2 is 1.60 bits per heavy atom. The van der Waals surface area contributed by atoms with Gasteiger partial charge in [-0.3, -0.25) is 4.90 Å². The molecule has 2 fully saturated rings. The quantitative estimate of drug-likeness (QED) is 0.835. The lowest BCUT2D eigenvalue weighted by Crippen LogP contribution is -2.44. The fraction of sp³-hybridized carbons (Fsp3) is 0.455. The second-order valence-corrected chi connectivity index (χ2v) is 7.30. The van der Waals surface area contributed by atoms with E-state index in [9.17, 15) is 0 Å². The molecular weight excluding hydrogens is 308 g/mol. The van der Waals surface area contributed by atoms with Crippen LogP contribution in [0.3, 0.4) is 0 Å². The Bertz CT molecular complexity index is 638. The molecule has 4 rings (SSSR count). The Kier molecular flexibility index (Phi) is 5.34. The van der Waals surface area contributed by atoms with Crippen molar-refractivity contribution in [3.63, 3.8) is 0 Å². The van der Waals surface area contributed by atoms with Gasteiger partial charge in [0.1, 0.15) is 12.4 Å². The van der Waals surface area contributed by atoms with Gasteiger partial charge in [0.2, 0.25) is 0 Å². The van der Waals surface area contributed by atoms with Gasteiger partial charge in [-0.2, -0.15) is 0 Å². The van der Waals surface area contributed by atoms with Crippen LogP contribution in [-0.4, -0.2) is 43.2 Å². The Morgan fingerprint density at radius 1 is 0.920 bits per heavy atom. The van der Waals surface area contributed by atoms with Crippen molar-refractivity contribution in [2.45, 2.75) is 37.3 Å². The van der Waals surface area contributed by atoms with Gasteiger partial charge < -0.3 is 10.1 Å². The van der Waals surface area contributed by atoms with Crippen molar-refractivity contribution in [1.82, 2.24) is 10.2 Å². The van der Waals surface area contributed by atoms with Gasteiger partial charge in [0, 0.05) is 24.5 Å². The highest BCUT2D eigenvalue weighted by molar-refractivity contribution is 5.27. The number of likely N-dealkylation sites (tertiary alicyclic amines) is 1. The molecule has 2 unspecified atom stereocenters. The topological polar surface area (TPSA) is 24.5 Å². The first-order chi connectivity index (χ1) is 12.4. The van der Waals surface area contributed by atoms with E-state index < -0.39 is 0 Å². The molecule has 25 heavy (non-hydrogen) atoms. The summed E-state index contributed by atoms with van der Waals surface area (Å²) in [5.41, 5.74) is 1.50. The van der Waals surface area contributed by atoms with Gasteiger partial charge in [-0.05, 0) is 50.0 Å². The summed E-state index contributed by atoms with van der Waals surface area (Å²) in [6.45, 7) is 4.16. The summed E-state index contributed by atoms with van der Waals surface area (Å²) < 4.78 is 5.82. The molecule has 3 nitrogen and oxygen atoms in total. The third-order valence-corrected chi connectivity index (χ3v) is 5.47. The molecule has 1 N–H and O–H groups in total. The minimum absolute atomic E-state index is 0.685. The first-order valence-corrected chi connectivity index (χ1v) is 9.60. The first-order valence-electron chi connectivity index (χ1n) is 9.60. The van der Waals surface area contributed by atoms with E-state index in [2.05, 4.69) is 40.5 Å². The van der Waals surface area contributed by atoms with Crippen LogP contribution in [0.1, 0.15) is 30.7 Å². The monoisotopic (exact) mass is 336 g/mol. The fourth-order valence-electron chi connectivity index (χ4n) is 3.88. The maximum Gasteiger partial charge on any atom is 0.119 e. The minimum Gasteiger partial charge on any atom is -0.492 e. The molecule has 2 atom stereocenters. The molecule has 132 valence electrons. The zero-order chi connectivity index (χ0) is 16.9. The second-order valence-electron chi connectivity index (χ2n) is 7.30. The number of rotatable bonds is 7. The average molecular weight is 336 g/mol. The van der Waals surface area contributed by atoms with E-state index >= 15 is 0 Å². The van der Waals surface area contributed by atoms with E-state index in [4.69, 9.17) is 4.74 Å². The maximum atomic E-state index is 5.82. The van der Waals surface area contributed by atoms with Crippen molar-refractivity contribution in [2.75, 3.05) is 26.2 Å². The Labute approximate surface area is 151 Å². The number of ether oxygens (including phenoxy) is 1. The molecule has 2 aliphatic rings. The van der Waals surface area contributed by atoms with E-state index in [1.807, 2.05) is 30.3 Å². The van der Waals surface area contributed by atoms with Crippen LogP contribution in [0.25, 0.3) is 0 Å². The van der Waals surface area contributed by atoms with Gasteiger partial charge in [0.05, 0.1) is 0 Å². The fourth-order valence-corrected chi connectivity index (χ4v) is 3.88. The number of piperidine rings is 1. The first kappa shape index (κ1) is 16.6. The lowest BCUT2D eigenvalue weighted by molar-refractivity contribution is 0.164. The highest BCUT2D eigenvalue weighted by Gasteiger charge is 2.39. The van der Waals surface area contributed by atoms with Crippen molar-refractivity contribution < 1.29 is 4.74 Å². The standard InChI is InChI=1S/C22H28N2O/c1-3-7-18(8-4-1)21-17-22(21)23-19-11-13-24(14-12-19)15-16-25-20-9-5-2-6-10-20/h1-10,19,21-23H,11-17H2. The largest absolute Gasteiger partial charge is 0.492 e. The highest BCUT2D eigenvalue weighted by Crippen LogP contribution is 2.41. The predicted molar refractivity (Wildman–Crippen MR) is 102 cm³/mol. The average Bonchev–Trinajstić information content (AvgIpc) is 3.44. The summed E-state index contributed by atoms with van der Waals surface area (Å²) in [6.07, 6.45) is 3.81. The number of hydrogen-bond donors (Lipinski definition) is 1. The molecule has 2 aromatic carbocycles. The molecule has 1 aliphatic heterocycles. The highest BCUT2D eigenvalue weighted by atomic mass is 16.5. The third kappa shape index (κ3) is 4.62. The van der Waals surface area contributed by atoms with E-state index in [-0.39, 0.29) is 0 Å². The lowest BCUT2D eigenvalue weighted by atomic mass is 10.0. The Morgan fingerprint density at radius 3 is 2.32 bits per heavy atom. The number of nitrogens with one attached hydrogen (secondary N) is 1. The number of benzene rings is 2. The maximum absolute atomic E-state index is 5.82. The molecule has 0 aromatic heterocycles. The number of nitrogens with zero attached hydrogens (tertiary/aromatic N) is 1. The summed E-state index contributed by atoms with van der Waals surface area (Å²) in [5.74, 6) is 1.71. The van der Waals surface area contributed by atoms with Crippen LogP contribution in [-0.2, 0) is 0 Å². The molecule has 3 heteroatoms. The van der Waals surface area contributed by atoms with Crippen LogP contribution < -0.4 is 10.1 Å². The third-order valence-electron chi connectivity index (χ3n) is 5.47. The van der Waals surface area contributed by atoms with Gasteiger partial charge in [-0.1, -0.05) is 48.5 Å².